The molecule has 0 unspecified atom stereocenters. The Morgan fingerprint density at radius 3 is 2.62 bits per heavy atom. The van der Waals surface area contributed by atoms with Crippen molar-refractivity contribution in [3.05, 3.63) is 54.9 Å². The molecule has 3 N–H and O–H groups in total. The van der Waals surface area contributed by atoms with Crippen LogP contribution in [0.1, 0.15) is 31.1 Å². The van der Waals surface area contributed by atoms with Crippen molar-refractivity contribution < 1.29 is 19.1 Å². The number of fused-ring (bicyclic) bond motifs is 1. The van der Waals surface area contributed by atoms with E-state index in [0.29, 0.717) is 9.26 Å². The third kappa shape index (κ3) is 2.28. The number of imide groups is 1. The number of rotatable bonds is 2. The van der Waals surface area contributed by atoms with E-state index in [1.807, 2.05) is 22.6 Å². The number of benzene rings is 1. The smallest absolute Gasteiger partial charge is 0.339 e. The van der Waals surface area contributed by atoms with Gasteiger partial charge in [0.15, 0.2) is 0 Å². The molecular weight excluding hydrogens is 429 g/mol. The maximum atomic E-state index is 12.4. The molecule has 0 radical (unpaired) electrons. The second-order valence-electron chi connectivity index (χ2n) is 4.91. The van der Waals surface area contributed by atoms with Gasteiger partial charge in [0.05, 0.1) is 33.1 Å². The molecule has 2 aromatic rings. The lowest BCUT2D eigenvalue weighted by atomic mass is 10.1. The molecular formula is C15H10IN3O5. The third-order valence-corrected chi connectivity index (χ3v) is 4.71. The highest BCUT2D eigenvalue weighted by molar-refractivity contribution is 14.1. The van der Waals surface area contributed by atoms with Crippen LogP contribution in [0.5, 0.6) is 0 Å². The summed E-state index contributed by atoms with van der Waals surface area (Å²) in [5, 5.41) is 2.10. The van der Waals surface area contributed by atoms with E-state index in [4.69, 9.17) is 10.5 Å². The Balaban J connectivity index is 2.32. The summed E-state index contributed by atoms with van der Waals surface area (Å²) in [6.45, 7) is 0. The van der Waals surface area contributed by atoms with E-state index in [9.17, 15) is 19.2 Å². The normalized spacial score (nSPS) is 12.8. The molecule has 1 aromatic carbocycles. The molecule has 0 fully saturated rings. The van der Waals surface area contributed by atoms with Crippen LogP contribution in [0.2, 0.25) is 0 Å². The second-order valence-corrected chi connectivity index (χ2v) is 5.98. The van der Waals surface area contributed by atoms with Crippen molar-refractivity contribution in [2.75, 3.05) is 12.8 Å². The first-order chi connectivity index (χ1) is 11.4. The van der Waals surface area contributed by atoms with Gasteiger partial charge in [-0.3, -0.25) is 24.3 Å². The summed E-state index contributed by atoms with van der Waals surface area (Å²) in [4.78, 5) is 47.8. The van der Waals surface area contributed by atoms with E-state index >= 15 is 0 Å². The van der Waals surface area contributed by atoms with Crippen molar-refractivity contribution in [3.63, 3.8) is 0 Å². The van der Waals surface area contributed by atoms with Gasteiger partial charge >= 0.3 is 5.97 Å². The minimum absolute atomic E-state index is 0.0566. The standard InChI is InChI=1S/C15H10IN3O5/c1-24-15(23)6-3-2-4-8(11(6)16)19-9(20)5-7-10(12(19)17)14(22)18-13(7)21/h2-5H,17H2,1H3,(H,18,21,22). The number of ether oxygens (including phenoxy) is 1. The number of hydrogen-bond donors (Lipinski definition) is 2. The zero-order valence-electron chi connectivity index (χ0n) is 12.3. The van der Waals surface area contributed by atoms with Crippen LogP contribution < -0.4 is 16.6 Å². The molecule has 0 aliphatic carbocycles. The number of pyridine rings is 1. The summed E-state index contributed by atoms with van der Waals surface area (Å²) in [6.07, 6.45) is 0. The molecule has 0 saturated heterocycles. The number of methoxy groups -OCH3 is 1. The lowest BCUT2D eigenvalue weighted by Crippen LogP contribution is -2.25. The highest BCUT2D eigenvalue weighted by Gasteiger charge is 2.32. The summed E-state index contributed by atoms with van der Waals surface area (Å²) >= 11 is 1.89. The molecule has 2 amide bonds. The van der Waals surface area contributed by atoms with Gasteiger partial charge in [0.1, 0.15) is 5.82 Å². The zero-order chi connectivity index (χ0) is 17.6. The van der Waals surface area contributed by atoms with Gasteiger partial charge in [0, 0.05) is 6.07 Å². The van der Waals surface area contributed by atoms with Gasteiger partial charge in [-0.05, 0) is 34.7 Å². The topological polar surface area (TPSA) is 120 Å². The number of amides is 2. The molecule has 1 aromatic heterocycles. The molecule has 24 heavy (non-hydrogen) atoms. The van der Waals surface area contributed by atoms with E-state index in [1.165, 1.54) is 7.11 Å². The highest BCUT2D eigenvalue weighted by Crippen LogP contribution is 2.27. The molecule has 122 valence electrons. The lowest BCUT2D eigenvalue weighted by Gasteiger charge is -2.15. The third-order valence-electron chi connectivity index (χ3n) is 3.58. The first-order valence-electron chi connectivity index (χ1n) is 6.65. The maximum absolute atomic E-state index is 12.4. The van der Waals surface area contributed by atoms with Crippen LogP contribution in [0.4, 0.5) is 5.82 Å². The number of nitrogens with two attached hydrogens (primary N) is 1. The number of esters is 1. The number of carbonyl (C=O) groups excluding carboxylic acids is 3. The highest BCUT2D eigenvalue weighted by atomic mass is 127. The Labute approximate surface area is 148 Å². The number of halogens is 1. The zero-order valence-corrected chi connectivity index (χ0v) is 14.4. The van der Waals surface area contributed by atoms with Gasteiger partial charge in [-0.25, -0.2) is 4.79 Å². The SMILES string of the molecule is COC(=O)c1cccc(-n2c(N)c3c(cc2=O)C(=O)NC3=O)c1I. The minimum atomic E-state index is -0.666. The van der Waals surface area contributed by atoms with Crippen molar-refractivity contribution >= 4 is 46.2 Å². The molecule has 0 saturated carbocycles. The Morgan fingerprint density at radius 1 is 1.25 bits per heavy atom. The number of nitrogens with one attached hydrogen (secondary N) is 1. The minimum Gasteiger partial charge on any atom is -0.465 e. The number of nitrogens with zero attached hydrogens (tertiary/aromatic N) is 1. The molecule has 2 heterocycles. The molecule has 3 rings (SSSR count). The fourth-order valence-electron chi connectivity index (χ4n) is 2.49. The predicted octanol–water partition coefficient (Wildman–Crippen LogP) is 0.694. The van der Waals surface area contributed by atoms with Crippen molar-refractivity contribution in [2.45, 2.75) is 0 Å². The van der Waals surface area contributed by atoms with Crippen LogP contribution in [0.15, 0.2) is 29.1 Å². The summed E-state index contributed by atoms with van der Waals surface area (Å²) in [5.74, 6) is -2.06. The molecule has 8 nitrogen and oxygen atoms in total. The monoisotopic (exact) mass is 439 g/mol. The van der Waals surface area contributed by atoms with Gasteiger partial charge in [-0.1, -0.05) is 6.07 Å². The Bertz CT molecular complexity index is 980. The van der Waals surface area contributed by atoms with Gasteiger partial charge < -0.3 is 10.5 Å². The number of hydrogen-bond acceptors (Lipinski definition) is 6. The molecule has 0 spiro atoms. The predicted molar refractivity (Wildman–Crippen MR) is 92.3 cm³/mol. The van der Waals surface area contributed by atoms with Crippen LogP contribution in [0.25, 0.3) is 5.69 Å². The van der Waals surface area contributed by atoms with E-state index in [2.05, 4.69) is 5.32 Å². The van der Waals surface area contributed by atoms with Crippen molar-refractivity contribution in [1.29, 1.82) is 0 Å². The van der Waals surface area contributed by atoms with Crippen LogP contribution in [-0.4, -0.2) is 29.5 Å². The van der Waals surface area contributed by atoms with E-state index in [1.54, 1.807) is 18.2 Å². The molecule has 0 bridgehead atoms. The van der Waals surface area contributed by atoms with Crippen LogP contribution in [-0.2, 0) is 4.74 Å². The summed E-state index contributed by atoms with van der Waals surface area (Å²) in [6, 6.07) is 5.73. The average Bonchev–Trinajstić information content (AvgIpc) is 2.82. The fraction of sp³-hybridized carbons (Fsp3) is 0.0667. The van der Waals surface area contributed by atoms with Crippen molar-refractivity contribution in [3.8, 4) is 5.69 Å². The molecule has 9 heteroatoms. The summed E-state index contributed by atoms with van der Waals surface area (Å²) in [7, 11) is 1.25. The number of aromatic nitrogens is 1. The first-order valence-corrected chi connectivity index (χ1v) is 7.73. The van der Waals surface area contributed by atoms with E-state index in [-0.39, 0.29) is 22.5 Å². The van der Waals surface area contributed by atoms with Crippen molar-refractivity contribution in [2.24, 2.45) is 0 Å². The van der Waals surface area contributed by atoms with Crippen molar-refractivity contribution in [1.82, 2.24) is 9.88 Å². The van der Waals surface area contributed by atoms with Gasteiger partial charge in [-0.2, -0.15) is 0 Å². The largest absolute Gasteiger partial charge is 0.465 e. The maximum Gasteiger partial charge on any atom is 0.339 e. The van der Waals surface area contributed by atoms with E-state index < -0.39 is 23.3 Å². The van der Waals surface area contributed by atoms with Gasteiger partial charge in [-0.15, -0.1) is 0 Å². The first kappa shape index (κ1) is 16.2. The second kappa shape index (κ2) is 5.74. The van der Waals surface area contributed by atoms with E-state index in [0.717, 1.165) is 10.6 Å². The molecule has 0 atom stereocenters. The van der Waals surface area contributed by atoms with Crippen LogP contribution >= 0.6 is 22.6 Å². The fourth-order valence-corrected chi connectivity index (χ4v) is 3.31. The molecule has 1 aliphatic heterocycles. The quantitative estimate of drug-likeness (QED) is 0.404. The molecule has 1 aliphatic rings. The summed E-state index contributed by atoms with van der Waals surface area (Å²) in [5.41, 5.74) is 5.85. The van der Waals surface area contributed by atoms with Gasteiger partial charge in [0.25, 0.3) is 17.4 Å². The Kier molecular flexibility index (Phi) is 3.87. The average molecular weight is 439 g/mol. The number of anilines is 1. The lowest BCUT2D eigenvalue weighted by molar-refractivity contribution is 0.0599. The summed E-state index contributed by atoms with van der Waals surface area (Å²) < 4.78 is 6.22. The van der Waals surface area contributed by atoms with Crippen LogP contribution in [0, 0.1) is 3.57 Å². The van der Waals surface area contributed by atoms with Crippen LogP contribution in [0.3, 0.4) is 0 Å². The Hall–Kier alpha value is -2.69. The Morgan fingerprint density at radius 2 is 1.96 bits per heavy atom. The number of nitrogen functional groups attached to an aromatic ring is 1. The number of carbonyl (C=O) groups is 3. The van der Waals surface area contributed by atoms with Gasteiger partial charge in [0.2, 0.25) is 0 Å².